The predicted octanol–water partition coefficient (Wildman–Crippen LogP) is 3.42. The van der Waals surface area contributed by atoms with Crippen LogP contribution in [-0.4, -0.2) is 8.42 Å². The van der Waals surface area contributed by atoms with Crippen LogP contribution in [0, 0.1) is 18.6 Å². The summed E-state index contributed by atoms with van der Waals surface area (Å²) in [6.45, 7) is 1.54. The first-order valence-electron chi connectivity index (χ1n) is 5.75. The third-order valence-corrected chi connectivity index (χ3v) is 4.85. The molecule has 0 bridgehead atoms. The van der Waals surface area contributed by atoms with E-state index in [-0.39, 0.29) is 15.1 Å². The molecule has 0 saturated heterocycles. The lowest BCUT2D eigenvalue weighted by Gasteiger charge is -2.13. The molecule has 112 valence electrons. The van der Waals surface area contributed by atoms with Crippen LogP contribution in [0.25, 0.3) is 0 Å². The van der Waals surface area contributed by atoms with Crippen LogP contribution in [0.2, 0.25) is 0 Å². The molecular formula is C13H11BrF2N2O2S. The van der Waals surface area contributed by atoms with Gasteiger partial charge in [-0.2, -0.15) is 0 Å². The monoisotopic (exact) mass is 376 g/mol. The lowest BCUT2D eigenvalue weighted by atomic mass is 10.2. The second-order valence-corrected chi connectivity index (χ2v) is 6.84. The van der Waals surface area contributed by atoms with Crippen LogP contribution in [0.1, 0.15) is 5.56 Å². The zero-order chi connectivity index (χ0) is 15.8. The maximum atomic E-state index is 13.4. The Balaban J connectivity index is 2.47. The molecule has 0 radical (unpaired) electrons. The van der Waals surface area contributed by atoms with Gasteiger partial charge < -0.3 is 5.73 Å². The lowest BCUT2D eigenvalue weighted by Crippen LogP contribution is -2.16. The minimum Gasteiger partial charge on any atom is -0.395 e. The van der Waals surface area contributed by atoms with Gasteiger partial charge in [-0.25, -0.2) is 17.2 Å². The van der Waals surface area contributed by atoms with Crippen molar-refractivity contribution in [2.75, 3.05) is 10.5 Å². The molecule has 0 aliphatic carbocycles. The number of nitrogens with two attached hydrogens (primary N) is 1. The number of hydrogen-bond donors (Lipinski definition) is 2. The van der Waals surface area contributed by atoms with Gasteiger partial charge in [0.05, 0.1) is 15.8 Å². The van der Waals surface area contributed by atoms with Crippen molar-refractivity contribution in [1.82, 2.24) is 0 Å². The summed E-state index contributed by atoms with van der Waals surface area (Å²) in [5.41, 5.74) is 5.54. The van der Waals surface area contributed by atoms with Crippen molar-refractivity contribution >= 4 is 37.3 Å². The third-order valence-electron chi connectivity index (χ3n) is 2.81. The molecule has 0 fully saturated rings. The Hall–Kier alpha value is -1.67. The zero-order valence-electron chi connectivity index (χ0n) is 10.8. The average Bonchev–Trinajstić information content (AvgIpc) is 2.38. The Morgan fingerprint density at radius 1 is 1.19 bits per heavy atom. The molecule has 0 saturated carbocycles. The molecule has 0 unspecified atom stereocenters. The fourth-order valence-electron chi connectivity index (χ4n) is 1.71. The quantitative estimate of drug-likeness (QED) is 0.806. The van der Waals surface area contributed by atoms with Crippen LogP contribution < -0.4 is 10.5 Å². The van der Waals surface area contributed by atoms with Crippen molar-refractivity contribution in [2.45, 2.75) is 11.8 Å². The molecule has 0 aliphatic heterocycles. The van der Waals surface area contributed by atoms with Crippen molar-refractivity contribution in [1.29, 1.82) is 0 Å². The van der Waals surface area contributed by atoms with E-state index in [1.54, 1.807) is 6.92 Å². The first-order chi connectivity index (χ1) is 9.72. The van der Waals surface area contributed by atoms with Gasteiger partial charge >= 0.3 is 0 Å². The normalized spacial score (nSPS) is 11.4. The number of aryl methyl sites for hydroxylation is 1. The molecular weight excluding hydrogens is 366 g/mol. The number of nitrogens with one attached hydrogen (secondary N) is 1. The minimum atomic E-state index is -4.08. The average molecular weight is 377 g/mol. The Labute approximate surface area is 129 Å². The van der Waals surface area contributed by atoms with Gasteiger partial charge in [0.15, 0.2) is 0 Å². The summed E-state index contributed by atoms with van der Waals surface area (Å²) in [6, 6.07) is 5.96. The van der Waals surface area contributed by atoms with Gasteiger partial charge in [-0.15, -0.1) is 0 Å². The van der Waals surface area contributed by atoms with Gasteiger partial charge in [-0.3, -0.25) is 4.72 Å². The molecule has 0 spiro atoms. The van der Waals surface area contributed by atoms with Crippen LogP contribution in [-0.2, 0) is 10.0 Å². The Morgan fingerprint density at radius 3 is 2.52 bits per heavy atom. The van der Waals surface area contributed by atoms with Crippen molar-refractivity contribution in [3.8, 4) is 0 Å². The van der Waals surface area contributed by atoms with Crippen LogP contribution in [0.5, 0.6) is 0 Å². The van der Waals surface area contributed by atoms with Crippen LogP contribution >= 0.6 is 15.9 Å². The van der Waals surface area contributed by atoms with Crippen molar-refractivity contribution < 1.29 is 17.2 Å². The Morgan fingerprint density at radius 2 is 1.86 bits per heavy atom. The molecule has 2 rings (SSSR count). The van der Waals surface area contributed by atoms with E-state index in [2.05, 4.69) is 20.7 Å². The highest BCUT2D eigenvalue weighted by Gasteiger charge is 2.20. The maximum Gasteiger partial charge on any atom is 0.264 e. The Kier molecular flexibility index (Phi) is 4.20. The van der Waals surface area contributed by atoms with E-state index >= 15 is 0 Å². The summed E-state index contributed by atoms with van der Waals surface area (Å²) >= 11 is 2.98. The largest absolute Gasteiger partial charge is 0.395 e. The number of benzene rings is 2. The third kappa shape index (κ3) is 3.16. The first kappa shape index (κ1) is 15.7. The highest BCUT2D eigenvalue weighted by molar-refractivity contribution is 9.10. The zero-order valence-corrected chi connectivity index (χ0v) is 13.2. The van der Waals surface area contributed by atoms with Crippen LogP contribution in [0.3, 0.4) is 0 Å². The number of nitrogen functional groups attached to an aromatic ring is 1. The molecule has 0 amide bonds. The van der Waals surface area contributed by atoms with Gasteiger partial charge in [-0.1, -0.05) is 6.07 Å². The van der Waals surface area contributed by atoms with Gasteiger partial charge in [0, 0.05) is 0 Å². The van der Waals surface area contributed by atoms with E-state index in [1.807, 2.05) is 0 Å². The van der Waals surface area contributed by atoms with Crippen molar-refractivity contribution in [3.05, 3.63) is 52.0 Å². The van der Waals surface area contributed by atoms with E-state index in [0.717, 1.165) is 6.07 Å². The van der Waals surface area contributed by atoms with Gasteiger partial charge in [0.25, 0.3) is 10.0 Å². The molecule has 0 heterocycles. The number of halogens is 3. The molecule has 0 atom stereocenters. The Bertz CT molecular complexity index is 810. The van der Waals surface area contributed by atoms with Crippen molar-refractivity contribution in [3.63, 3.8) is 0 Å². The fraction of sp³-hybridized carbons (Fsp3) is 0.0769. The second-order valence-electron chi connectivity index (χ2n) is 4.34. The van der Waals surface area contributed by atoms with Crippen LogP contribution in [0.4, 0.5) is 20.2 Å². The number of hydrogen-bond acceptors (Lipinski definition) is 3. The molecule has 4 nitrogen and oxygen atoms in total. The molecule has 0 aromatic heterocycles. The van der Waals surface area contributed by atoms with Gasteiger partial charge in [0.1, 0.15) is 16.5 Å². The highest BCUT2D eigenvalue weighted by Crippen LogP contribution is 2.28. The summed E-state index contributed by atoms with van der Waals surface area (Å²) in [6.07, 6.45) is 0. The van der Waals surface area contributed by atoms with Crippen molar-refractivity contribution in [2.24, 2.45) is 0 Å². The lowest BCUT2D eigenvalue weighted by molar-refractivity contribution is 0.597. The molecule has 3 N–H and O–H groups in total. The highest BCUT2D eigenvalue weighted by atomic mass is 79.9. The molecule has 8 heteroatoms. The fourth-order valence-corrected chi connectivity index (χ4v) is 3.32. The smallest absolute Gasteiger partial charge is 0.264 e. The molecule has 2 aromatic rings. The summed E-state index contributed by atoms with van der Waals surface area (Å²) < 4.78 is 53.6. The number of anilines is 2. The first-order valence-corrected chi connectivity index (χ1v) is 8.02. The number of sulfonamides is 1. The second kappa shape index (κ2) is 5.61. The number of rotatable bonds is 3. The summed E-state index contributed by atoms with van der Waals surface area (Å²) in [4.78, 5) is -0.373. The maximum absolute atomic E-state index is 13.4. The molecule has 2 aromatic carbocycles. The van der Waals surface area contributed by atoms with E-state index < -0.39 is 27.3 Å². The van der Waals surface area contributed by atoms with Gasteiger partial charge in [-0.05, 0) is 52.7 Å². The summed E-state index contributed by atoms with van der Waals surface area (Å²) in [5, 5.41) is 0. The van der Waals surface area contributed by atoms with E-state index in [0.29, 0.717) is 5.56 Å². The van der Waals surface area contributed by atoms with E-state index in [1.165, 1.54) is 24.3 Å². The van der Waals surface area contributed by atoms with Crippen LogP contribution in [0.15, 0.2) is 39.7 Å². The molecule has 21 heavy (non-hydrogen) atoms. The predicted molar refractivity (Wildman–Crippen MR) is 80.5 cm³/mol. The van der Waals surface area contributed by atoms with E-state index in [9.17, 15) is 17.2 Å². The SMILES string of the molecule is Cc1cc(F)c(Br)cc1NS(=O)(=O)c1cccc(F)c1N. The van der Waals surface area contributed by atoms with E-state index in [4.69, 9.17) is 5.73 Å². The number of para-hydroxylation sites is 1. The topological polar surface area (TPSA) is 72.2 Å². The summed E-state index contributed by atoms with van der Waals surface area (Å²) in [5.74, 6) is -1.34. The standard InChI is InChI=1S/C13H11BrF2N2O2S/c1-7-5-10(16)8(14)6-11(7)18-21(19,20)12-4-2-3-9(15)13(12)17/h2-6,18H,17H2,1H3. The summed E-state index contributed by atoms with van der Waals surface area (Å²) in [7, 11) is -4.08. The minimum absolute atomic E-state index is 0.109. The van der Waals surface area contributed by atoms with Gasteiger partial charge in [0.2, 0.25) is 0 Å². The molecule has 0 aliphatic rings.